The summed E-state index contributed by atoms with van der Waals surface area (Å²) in [5.41, 5.74) is 0.220. The van der Waals surface area contributed by atoms with Crippen LogP contribution in [0, 0.1) is 195 Å². The quantitative estimate of drug-likeness (QED) is 0.0428. The molecule has 0 spiro atoms. The van der Waals surface area contributed by atoms with Crippen LogP contribution in [0.15, 0.2) is 0 Å². The molecule has 0 N–H and O–H groups in total. The molecule has 5 saturated carbocycles. The zero-order valence-corrected chi connectivity index (χ0v) is 134. The monoisotopic (exact) mass is 3170 g/mol. The van der Waals surface area contributed by atoms with E-state index in [-0.39, 0.29) is 667 Å². The van der Waals surface area contributed by atoms with E-state index in [0.29, 0.717) is 170 Å². The third-order valence-corrected chi connectivity index (χ3v) is 17.2. The van der Waals surface area contributed by atoms with Gasteiger partial charge in [-0.2, -0.15) is 99.2 Å². The molecule has 658 valence electrons. The molecule has 0 bridgehead atoms. The SMILES string of the molecule is CC1[CH-]CCC(CC2CC[CH-]C(C)C2)C1.[CH-]1CCC(CC2CC[CH-]CC2)CC1.[CH2-]C1CCC([CH2-])CC1.[CH2-]CCC(C)C([CH2-])(C)C.[CH2-]CCC([CH2-])C.[CH2-]CCOCCOCCOCC[CH2-].[CH2-]COCCOCCOCCOC[CH2-].[CH2-]COCCOCCOC[CH2-].[CH2-]COCCOC[CH2-].[CH3-].[Y].[Y].[Y].[Y].[Y].[Y].[Y].[Y].[Y].[Y].[Y].[Y].[Y].[Y].[Y].[Y].[Y].[Y].[Y].[Y]. The van der Waals surface area contributed by atoms with Crippen LogP contribution in [0.1, 0.15) is 208 Å². The Balaban J connectivity index is -0.0000000354. The molecule has 0 heterocycles. The Kier molecular flexibility index (Phi) is 297. The van der Waals surface area contributed by atoms with Gasteiger partial charge in [-0.3, -0.25) is 0 Å². The van der Waals surface area contributed by atoms with Crippen molar-refractivity contribution in [3.05, 3.63) is 130 Å². The second-order valence-corrected chi connectivity index (χ2v) is 27.1. The van der Waals surface area contributed by atoms with Crippen molar-refractivity contribution in [1.29, 1.82) is 0 Å². The maximum Gasteiger partial charge on any atom is 0.0701 e. The molecule has 20 radical (unpaired) electrons. The van der Waals surface area contributed by atoms with Gasteiger partial charge in [-0.1, -0.05) is 171 Å². The molecule has 6 atom stereocenters. The summed E-state index contributed by atoms with van der Waals surface area (Å²) in [6, 6.07) is 0. The van der Waals surface area contributed by atoms with Gasteiger partial charge in [0.15, 0.2) is 0 Å². The summed E-state index contributed by atoms with van der Waals surface area (Å²) in [6.07, 6.45) is 44.4. The van der Waals surface area contributed by atoms with Crippen LogP contribution >= 0.6 is 0 Å². The van der Waals surface area contributed by atoms with Crippen LogP contribution in [-0.2, 0) is 711 Å². The topological polar surface area (TPSA) is 111 Å². The first-order valence-corrected chi connectivity index (χ1v) is 38.4. The molecular formula is C86H163O12Y20-19. The zero-order chi connectivity index (χ0) is 72.9. The molecule has 5 aliphatic carbocycles. The van der Waals surface area contributed by atoms with Gasteiger partial charge in [0.25, 0.3) is 0 Å². The minimum absolute atomic E-state index is 0. The smallest absolute Gasteiger partial charge is 0.0701 e. The van der Waals surface area contributed by atoms with Crippen LogP contribution in [0.25, 0.3) is 0 Å². The number of hydrogen-bond acceptors (Lipinski definition) is 12. The first kappa shape index (κ1) is 204. The van der Waals surface area contributed by atoms with E-state index in [9.17, 15) is 0 Å². The van der Waals surface area contributed by atoms with Crippen LogP contribution < -0.4 is 0 Å². The van der Waals surface area contributed by atoms with Crippen LogP contribution in [0.3, 0.4) is 0 Å². The van der Waals surface area contributed by atoms with Crippen molar-refractivity contribution in [2.45, 2.75) is 208 Å². The molecule has 0 saturated heterocycles. The van der Waals surface area contributed by atoms with E-state index in [1.807, 2.05) is 0 Å². The summed E-state index contributed by atoms with van der Waals surface area (Å²) in [4.78, 5) is 0. The van der Waals surface area contributed by atoms with Crippen LogP contribution in [0.2, 0.25) is 0 Å². The van der Waals surface area contributed by atoms with Crippen LogP contribution in [0.4, 0.5) is 0 Å². The van der Waals surface area contributed by atoms with E-state index < -0.39 is 0 Å². The molecule has 5 rings (SSSR count). The first-order valence-electron chi connectivity index (χ1n) is 38.4. The van der Waals surface area contributed by atoms with E-state index in [0.717, 1.165) is 79.4 Å². The van der Waals surface area contributed by atoms with Gasteiger partial charge in [0, 0.05) is 667 Å². The van der Waals surface area contributed by atoms with Crippen molar-refractivity contribution in [2.75, 3.05) is 159 Å². The molecule has 6 unspecified atom stereocenters. The molecule has 0 aromatic rings. The van der Waals surface area contributed by atoms with Gasteiger partial charge in [-0.25, -0.2) is 0 Å². The largest absolute Gasteiger partial charge is 0.411 e. The summed E-state index contributed by atoms with van der Waals surface area (Å²) in [7, 11) is 0. The van der Waals surface area contributed by atoms with Gasteiger partial charge in [0.2, 0.25) is 0 Å². The van der Waals surface area contributed by atoms with Crippen molar-refractivity contribution in [1.82, 2.24) is 0 Å². The summed E-state index contributed by atoms with van der Waals surface area (Å²) in [6.45, 7) is 79.4. The fraction of sp³-hybridized carbons (Fsp3) is 0.779. The minimum Gasteiger partial charge on any atom is -0.411 e. The normalized spacial score (nSPS) is 17.2. The van der Waals surface area contributed by atoms with Crippen molar-refractivity contribution >= 4 is 0 Å². The summed E-state index contributed by atoms with van der Waals surface area (Å²) >= 11 is 0. The molecule has 5 fully saturated rings. The summed E-state index contributed by atoms with van der Waals surface area (Å²) < 4.78 is 60.8. The minimum atomic E-state index is 0. The molecule has 0 amide bonds. The van der Waals surface area contributed by atoms with Gasteiger partial charge in [0.1, 0.15) is 0 Å². The maximum atomic E-state index is 5.24. The van der Waals surface area contributed by atoms with E-state index in [2.05, 4.69) is 164 Å². The van der Waals surface area contributed by atoms with Crippen LogP contribution in [0.5, 0.6) is 0 Å². The molecule has 32 heteroatoms. The Labute approximate surface area is 1240 Å². The Hall–Kier alpha value is 21.6. The van der Waals surface area contributed by atoms with Crippen LogP contribution in [-0.4, -0.2) is 159 Å². The van der Waals surface area contributed by atoms with Gasteiger partial charge < -0.3 is 187 Å². The molecule has 118 heavy (non-hydrogen) atoms. The van der Waals surface area contributed by atoms with E-state index >= 15 is 0 Å². The standard InChI is InChI=1S/C15H26.C13H22.C10H20O4.C10H20O3.C9H18.C8H16O3.C8H14.C6H12O2.C6H12.CH3.20Y/c1-12-5-3-7-14(9-12)11-15-8-4-6-13(2)10-15;1-3-7-12(8-4-1)11-13-9-5-2-6-10-13;1-3-11-5-7-13-9-10-14-8-6-12-4-2;1-3-5-11-7-9-13-10-8-12-6-4-2;1-6-7-8(2)9(3,4)5;1-3-9-5-7-11-8-6-10-4-2;1-7-3-5-8(2)6-4-7;1-3-7-5-6-8-4-2;1-4-5-6(2)3;;;;;;;;;;;;;;;;;;;;;/h5-6,12-15H,3-4,7-11H2,1-2H3;1-2,12-13H,3-11H2;1-10H2;1-10H2;8H,1,3,6-7H2,2,4-5H3;1-8H2;7-8H,1-6H2;1-6H2;6H,1-2,4-5H2,3H3;1H3;;;;;;;;;;;;;;;;;;;;/q9*-2;-1;;;;;;;;;;;;;;;;;;;;. The van der Waals surface area contributed by atoms with Gasteiger partial charge in [-0.05, 0) is 36.5 Å². The molecular weight excluding hydrogens is 3000 g/mol. The molecule has 12 nitrogen and oxygen atoms in total. The molecule has 0 aromatic carbocycles. The van der Waals surface area contributed by atoms with Gasteiger partial charge >= 0.3 is 0 Å². The average molecular weight is 3170 g/mol. The number of ether oxygens (including phenoxy) is 12. The van der Waals surface area contributed by atoms with E-state index in [4.69, 9.17) is 56.8 Å². The Morgan fingerprint density at radius 3 is 0.669 bits per heavy atom. The molecule has 0 aromatic heterocycles. The predicted octanol–water partition coefficient (Wildman–Crippen LogP) is 20.4. The zero-order valence-electron chi connectivity index (χ0n) is 77.3. The Morgan fingerprint density at radius 1 is 0.297 bits per heavy atom. The van der Waals surface area contributed by atoms with Crippen molar-refractivity contribution in [3.63, 3.8) is 0 Å². The second-order valence-electron chi connectivity index (χ2n) is 27.1. The van der Waals surface area contributed by atoms with Gasteiger partial charge in [-0.15, -0.1) is 6.42 Å². The molecule has 5 aliphatic rings. The summed E-state index contributed by atoms with van der Waals surface area (Å²) in [5, 5.41) is 0. The molecule has 0 aliphatic heterocycles. The number of rotatable bonds is 43. The van der Waals surface area contributed by atoms with Crippen molar-refractivity contribution in [3.8, 4) is 0 Å². The van der Waals surface area contributed by atoms with E-state index in [1.54, 1.807) is 6.42 Å². The van der Waals surface area contributed by atoms with Gasteiger partial charge in [0.05, 0.1) is 106 Å². The average Bonchev–Trinajstić information content (AvgIpc) is 0.872. The second kappa shape index (κ2) is 172. The number of hydrogen-bond donors (Lipinski definition) is 0. The first-order chi connectivity index (χ1) is 46.9. The fourth-order valence-electron chi connectivity index (χ4n) is 11.2. The maximum absolute atomic E-state index is 5.24. The Bertz CT molecular complexity index is 1380. The fourth-order valence-corrected chi connectivity index (χ4v) is 11.2. The van der Waals surface area contributed by atoms with E-state index in [1.165, 1.54) is 128 Å². The third-order valence-electron chi connectivity index (χ3n) is 17.2. The Morgan fingerprint density at radius 2 is 0.500 bits per heavy atom. The van der Waals surface area contributed by atoms with Crippen molar-refractivity contribution in [2.24, 2.45) is 64.6 Å². The summed E-state index contributed by atoms with van der Waals surface area (Å²) in [5.74, 6) is 8.74. The third kappa shape index (κ3) is 174. The van der Waals surface area contributed by atoms with Crippen molar-refractivity contribution < 1.29 is 711 Å². The predicted molar refractivity (Wildman–Crippen MR) is 420 cm³/mol.